The smallest absolute Gasteiger partial charge is 0.298 e. The largest absolute Gasteiger partial charge is 0.506 e. The van der Waals surface area contributed by atoms with Gasteiger partial charge in [-0.05, 0) is 99.3 Å². The highest BCUT2D eigenvalue weighted by atomic mass is 16.6. The minimum atomic E-state index is -1.55. The van der Waals surface area contributed by atoms with Crippen LogP contribution in [0.4, 0.5) is 0 Å². The first-order valence-corrected chi connectivity index (χ1v) is 16.1. The molecule has 7 rings (SSSR count). The van der Waals surface area contributed by atoms with Gasteiger partial charge in [0.25, 0.3) is 6.47 Å². The molecule has 6 aliphatic rings. The maximum absolute atomic E-state index is 14.7. The van der Waals surface area contributed by atoms with E-state index in [1.54, 1.807) is 19.1 Å². The Morgan fingerprint density at radius 2 is 1.74 bits per heavy atom. The number of benzene rings is 1. The Hall–Kier alpha value is -3.91. The molecule has 5 atom stereocenters. The van der Waals surface area contributed by atoms with Crippen molar-refractivity contribution in [3.05, 3.63) is 69.5 Å². The lowest BCUT2D eigenvalue weighted by molar-refractivity contribution is -0.171. The zero-order chi connectivity index (χ0) is 33.4. The van der Waals surface area contributed by atoms with Gasteiger partial charge in [-0.3, -0.25) is 14.4 Å². The average Bonchev–Trinajstić information content (AvgIpc) is 3.12. The SMILES string of the molecule is CC(C)=CCC[C@@]1(C)C=Cc2c(O)c3c(c(CC=C(C)C)c2O1)O[C@]12C(=CC4CC1C(C)(C)O[C@]2(C/C=C(/C)OC=O)C4=O)C3=O. The number of hydrogen-bond acceptors (Lipinski definition) is 8. The molecule has 0 radical (unpaired) electrons. The van der Waals surface area contributed by atoms with Crippen LogP contribution in [0.2, 0.25) is 0 Å². The number of phenolic OH excluding ortho intramolecular Hbond substituents is 1. The number of allylic oxidation sites excluding steroid dienone is 6. The first kappa shape index (κ1) is 32.0. The van der Waals surface area contributed by atoms with E-state index in [4.69, 9.17) is 18.9 Å². The molecule has 8 nitrogen and oxygen atoms in total. The summed E-state index contributed by atoms with van der Waals surface area (Å²) in [7, 11) is 0. The van der Waals surface area contributed by atoms with Crippen LogP contribution in [0.3, 0.4) is 0 Å². The van der Waals surface area contributed by atoms with Crippen LogP contribution in [0.1, 0.15) is 103 Å². The van der Waals surface area contributed by atoms with Crippen LogP contribution in [0.15, 0.2) is 52.9 Å². The molecule has 1 saturated carbocycles. The van der Waals surface area contributed by atoms with Crippen LogP contribution in [0, 0.1) is 11.8 Å². The molecule has 1 spiro atoms. The summed E-state index contributed by atoms with van der Waals surface area (Å²) in [6.45, 7) is 16.0. The molecule has 1 aromatic rings. The molecular formula is C38H44O8. The lowest BCUT2D eigenvalue weighted by Crippen LogP contribution is -2.72. The highest BCUT2D eigenvalue weighted by Crippen LogP contribution is 2.68. The molecule has 2 fully saturated rings. The number of hydrogen-bond donors (Lipinski definition) is 1. The summed E-state index contributed by atoms with van der Waals surface area (Å²) in [5, 5.41) is 11.8. The van der Waals surface area contributed by atoms with Crippen LogP contribution in [0.5, 0.6) is 17.2 Å². The number of fused-ring (bicyclic) bond motifs is 2. The van der Waals surface area contributed by atoms with Gasteiger partial charge in [-0.2, -0.15) is 0 Å². The average molecular weight is 629 g/mol. The Kier molecular flexibility index (Phi) is 7.54. The van der Waals surface area contributed by atoms with Crippen molar-refractivity contribution in [2.24, 2.45) is 11.8 Å². The molecule has 4 bridgehead atoms. The van der Waals surface area contributed by atoms with Gasteiger partial charge < -0.3 is 24.1 Å². The van der Waals surface area contributed by atoms with Crippen LogP contribution < -0.4 is 9.47 Å². The zero-order valence-corrected chi connectivity index (χ0v) is 28.0. The highest BCUT2D eigenvalue weighted by molar-refractivity contribution is 6.19. The Morgan fingerprint density at radius 3 is 2.41 bits per heavy atom. The molecule has 0 aromatic heterocycles. The summed E-state index contributed by atoms with van der Waals surface area (Å²) in [4.78, 5) is 40.1. The van der Waals surface area contributed by atoms with Gasteiger partial charge in [0.2, 0.25) is 0 Å². The maximum Gasteiger partial charge on any atom is 0.298 e. The van der Waals surface area contributed by atoms with Crippen molar-refractivity contribution < 1.29 is 38.4 Å². The van der Waals surface area contributed by atoms with E-state index < -0.39 is 28.3 Å². The second-order valence-corrected chi connectivity index (χ2v) is 14.6. The molecule has 1 saturated heterocycles. The third-order valence-corrected chi connectivity index (χ3v) is 10.4. The molecule has 3 heterocycles. The summed E-state index contributed by atoms with van der Waals surface area (Å²) in [5.74, 6) is -0.605. The van der Waals surface area contributed by atoms with Gasteiger partial charge in [0.1, 0.15) is 34.2 Å². The molecule has 1 aromatic carbocycles. The standard InChI is InChI=1S/C38H44O8/c1-21(2)10-9-15-36(8)16-14-25-30(40)29-31(41)27-18-24-19-28-35(6,7)46-37(34(24)42,17-13-23(5)43-20-39)38(27,28)45-33(29)26(32(25)44-36)12-11-22(3)4/h10-11,13-14,16,18,20,24,28,40H,9,12,15,17,19H2,1-8H3/b23-13-/t24?,28?,36-,37+,38+/m0/s1. The number of aromatic hydroxyl groups is 1. The summed E-state index contributed by atoms with van der Waals surface area (Å²) in [6.07, 6.45) is 13.8. The van der Waals surface area contributed by atoms with Crippen LogP contribution in [-0.2, 0) is 25.5 Å². The number of Topliss-reactive ketones (excluding diaryl/α,β-unsaturated/α-hetero) is 2. The van der Waals surface area contributed by atoms with Gasteiger partial charge in [0.15, 0.2) is 22.8 Å². The fourth-order valence-electron chi connectivity index (χ4n) is 8.20. The number of ketones is 2. The minimum absolute atomic E-state index is 0.0454. The monoisotopic (exact) mass is 628 g/mol. The third kappa shape index (κ3) is 4.55. The molecule has 3 aliphatic heterocycles. The minimum Gasteiger partial charge on any atom is -0.506 e. The second-order valence-electron chi connectivity index (χ2n) is 14.6. The Bertz CT molecular complexity index is 1690. The van der Waals surface area contributed by atoms with E-state index in [1.165, 1.54) is 5.57 Å². The maximum atomic E-state index is 14.7. The van der Waals surface area contributed by atoms with Gasteiger partial charge in [0, 0.05) is 29.4 Å². The number of ether oxygens (including phenoxy) is 4. The van der Waals surface area contributed by atoms with Crippen molar-refractivity contribution in [1.29, 1.82) is 0 Å². The van der Waals surface area contributed by atoms with Crippen molar-refractivity contribution in [2.75, 3.05) is 0 Å². The Morgan fingerprint density at radius 1 is 1.02 bits per heavy atom. The first-order chi connectivity index (χ1) is 21.6. The molecule has 244 valence electrons. The van der Waals surface area contributed by atoms with Gasteiger partial charge in [-0.15, -0.1) is 0 Å². The van der Waals surface area contributed by atoms with Crippen LogP contribution in [0.25, 0.3) is 6.08 Å². The van der Waals surface area contributed by atoms with Gasteiger partial charge >= 0.3 is 0 Å². The van der Waals surface area contributed by atoms with Gasteiger partial charge in [-0.1, -0.05) is 29.4 Å². The zero-order valence-electron chi connectivity index (χ0n) is 28.0. The molecule has 0 amide bonds. The highest BCUT2D eigenvalue weighted by Gasteiger charge is 2.81. The van der Waals surface area contributed by atoms with Crippen LogP contribution >= 0.6 is 0 Å². The summed E-state index contributed by atoms with van der Waals surface area (Å²) in [5.41, 5.74) is -0.687. The molecule has 1 N–H and O–H groups in total. The quantitative estimate of drug-likeness (QED) is 0.173. The van der Waals surface area contributed by atoms with Gasteiger partial charge in [0.05, 0.1) is 11.2 Å². The third-order valence-electron chi connectivity index (χ3n) is 10.4. The number of phenols is 1. The van der Waals surface area contributed by atoms with E-state index in [-0.39, 0.29) is 41.0 Å². The summed E-state index contributed by atoms with van der Waals surface area (Å²) >= 11 is 0. The van der Waals surface area contributed by atoms with E-state index >= 15 is 0 Å². The van der Waals surface area contributed by atoms with E-state index in [0.29, 0.717) is 53.9 Å². The van der Waals surface area contributed by atoms with Crippen molar-refractivity contribution in [2.45, 2.75) is 110 Å². The summed E-state index contributed by atoms with van der Waals surface area (Å²) in [6, 6.07) is 0. The van der Waals surface area contributed by atoms with Crippen molar-refractivity contribution in [3.8, 4) is 17.2 Å². The normalized spacial score (nSPS) is 31.1. The molecule has 8 heteroatoms. The molecule has 3 aliphatic carbocycles. The number of carbonyl (C=O) groups excluding carboxylic acids is 3. The van der Waals surface area contributed by atoms with E-state index in [2.05, 4.69) is 19.9 Å². The van der Waals surface area contributed by atoms with E-state index in [0.717, 1.165) is 12.0 Å². The predicted octanol–water partition coefficient (Wildman–Crippen LogP) is 7.29. The fourth-order valence-corrected chi connectivity index (χ4v) is 8.20. The fraction of sp³-hybridized carbons (Fsp3) is 0.500. The Labute approximate surface area is 270 Å². The van der Waals surface area contributed by atoms with E-state index in [1.807, 2.05) is 52.8 Å². The van der Waals surface area contributed by atoms with Crippen LogP contribution in [-0.4, -0.2) is 45.5 Å². The topological polar surface area (TPSA) is 108 Å². The summed E-state index contributed by atoms with van der Waals surface area (Å²) < 4.78 is 25.7. The van der Waals surface area contributed by atoms with Crippen molar-refractivity contribution in [3.63, 3.8) is 0 Å². The van der Waals surface area contributed by atoms with Crippen molar-refractivity contribution >= 4 is 24.1 Å². The Balaban J connectivity index is 1.58. The lowest BCUT2D eigenvalue weighted by Gasteiger charge is -2.56. The lowest BCUT2D eigenvalue weighted by atomic mass is 9.51. The second kappa shape index (κ2) is 10.8. The number of carbonyl (C=O) groups is 3. The number of rotatable bonds is 9. The van der Waals surface area contributed by atoms with Gasteiger partial charge in [-0.25, -0.2) is 0 Å². The first-order valence-electron chi connectivity index (χ1n) is 16.1. The predicted molar refractivity (Wildman–Crippen MR) is 174 cm³/mol. The molecule has 46 heavy (non-hydrogen) atoms. The van der Waals surface area contributed by atoms with E-state index in [9.17, 15) is 19.5 Å². The van der Waals surface area contributed by atoms with Crippen molar-refractivity contribution in [1.82, 2.24) is 0 Å². The molecule has 2 unspecified atom stereocenters. The molecular weight excluding hydrogens is 584 g/mol.